The molecule has 43 heavy (non-hydrogen) atoms. The molecule has 0 spiro atoms. The summed E-state index contributed by atoms with van der Waals surface area (Å²) in [6.45, 7) is 8.16. The lowest BCUT2D eigenvalue weighted by Crippen LogP contribution is -2.36. The molecule has 14 heteroatoms. The molecule has 6 N–H and O–H groups in total. The van der Waals surface area contributed by atoms with E-state index in [0.29, 0.717) is 42.5 Å². The number of benzene rings is 2. The molecule has 2 unspecified atom stereocenters. The predicted octanol–water partition coefficient (Wildman–Crippen LogP) is 5.37. The first-order chi connectivity index (χ1) is 20.2. The Morgan fingerprint density at radius 3 is 2.42 bits per heavy atom. The third-order valence-corrected chi connectivity index (χ3v) is 9.28. The van der Waals surface area contributed by atoms with Gasteiger partial charge >= 0.3 is 0 Å². The van der Waals surface area contributed by atoms with Crippen LogP contribution in [-0.2, 0) is 14.8 Å². The van der Waals surface area contributed by atoms with Gasteiger partial charge in [-0.3, -0.25) is 4.79 Å². The Balaban J connectivity index is 1.63. The van der Waals surface area contributed by atoms with Gasteiger partial charge in [0.15, 0.2) is 0 Å². The molecule has 0 radical (unpaired) electrons. The predicted molar refractivity (Wildman–Crippen MR) is 168 cm³/mol. The van der Waals surface area contributed by atoms with E-state index in [1.165, 1.54) is 30.5 Å². The lowest BCUT2D eigenvalue weighted by molar-refractivity contribution is -0.0660. The number of aromatic nitrogens is 2. The summed E-state index contributed by atoms with van der Waals surface area (Å²) in [4.78, 5) is 20.4. The van der Waals surface area contributed by atoms with E-state index in [0.717, 1.165) is 6.07 Å². The zero-order chi connectivity index (χ0) is 31.8. The van der Waals surface area contributed by atoms with Gasteiger partial charge in [-0.05, 0) is 91.9 Å². The minimum atomic E-state index is -3.78. The summed E-state index contributed by atoms with van der Waals surface area (Å²) < 4.78 is 49.1. The number of nitrogens with zero attached hydrogens (tertiary/aromatic N) is 2. The number of ether oxygens (including phenoxy) is 1. The van der Waals surface area contributed by atoms with Gasteiger partial charge in [0, 0.05) is 18.4 Å². The lowest BCUT2D eigenvalue weighted by atomic mass is 9.97. The van der Waals surface area contributed by atoms with Crippen molar-refractivity contribution >= 4 is 55.0 Å². The van der Waals surface area contributed by atoms with Crippen molar-refractivity contribution < 1.29 is 27.4 Å². The fourth-order valence-corrected chi connectivity index (χ4v) is 5.27. The maximum Gasteiger partial charge on any atom is 0.253 e. The Hall–Kier alpha value is -3.17. The van der Waals surface area contributed by atoms with Crippen LogP contribution in [0.3, 0.4) is 0 Å². The van der Waals surface area contributed by atoms with Gasteiger partial charge in [-0.25, -0.2) is 22.5 Å². The van der Waals surface area contributed by atoms with E-state index in [-0.39, 0.29) is 34.5 Å². The van der Waals surface area contributed by atoms with Gasteiger partial charge in [0.25, 0.3) is 5.91 Å². The summed E-state index contributed by atoms with van der Waals surface area (Å²) in [6.07, 6.45) is 3.73. The van der Waals surface area contributed by atoms with Gasteiger partial charge in [-0.2, -0.15) is 4.98 Å². The van der Waals surface area contributed by atoms with Crippen molar-refractivity contribution in [3.05, 3.63) is 64.5 Å². The number of nitrogens with one attached hydrogen (secondary N) is 3. The average molecular weight is 682 g/mol. The Labute approximate surface area is 260 Å². The van der Waals surface area contributed by atoms with Crippen LogP contribution in [0.1, 0.15) is 63.7 Å². The molecule has 3 rings (SSSR count). The average Bonchev–Trinajstić information content (AvgIpc) is 2.95. The second-order valence-electron chi connectivity index (χ2n) is 10.6. The number of carbonyl (C=O) groups excluding carboxylic acids is 1. The summed E-state index contributed by atoms with van der Waals surface area (Å²) in [5, 5.41) is 16.1. The number of hydrogen-bond acceptors (Lipinski definition) is 9. The van der Waals surface area contributed by atoms with Crippen molar-refractivity contribution in [2.75, 3.05) is 23.8 Å². The molecule has 0 aliphatic carbocycles. The molecular formula is C29H38BrFN6O5S. The fourth-order valence-electron chi connectivity index (χ4n) is 3.95. The van der Waals surface area contributed by atoms with Crippen molar-refractivity contribution in [2.24, 2.45) is 5.73 Å². The number of amides is 1. The SMILES string of the molecule is CCC(C)(O)CCOC(C)(CC)CCNS(=O)(=O)c1ccc(Nc2ncc(Br)c(Nc3cccc(F)c3C(N)=O)n2)cc1. The zero-order valence-electron chi connectivity index (χ0n) is 24.6. The minimum Gasteiger partial charge on any atom is -0.390 e. The van der Waals surface area contributed by atoms with E-state index >= 15 is 0 Å². The maximum absolute atomic E-state index is 14.2. The van der Waals surface area contributed by atoms with Crippen molar-refractivity contribution in [3.63, 3.8) is 0 Å². The molecule has 0 saturated carbocycles. The van der Waals surface area contributed by atoms with E-state index < -0.39 is 32.9 Å². The topological polar surface area (TPSA) is 169 Å². The van der Waals surface area contributed by atoms with Crippen LogP contribution in [0.5, 0.6) is 0 Å². The first-order valence-corrected chi connectivity index (χ1v) is 16.1. The number of sulfonamides is 1. The number of aliphatic hydroxyl groups is 1. The van der Waals surface area contributed by atoms with Crippen molar-refractivity contribution in [1.82, 2.24) is 14.7 Å². The van der Waals surface area contributed by atoms with Crippen molar-refractivity contribution in [2.45, 2.75) is 69.5 Å². The summed E-state index contributed by atoms with van der Waals surface area (Å²) in [7, 11) is -3.78. The highest BCUT2D eigenvalue weighted by molar-refractivity contribution is 9.10. The summed E-state index contributed by atoms with van der Waals surface area (Å²) in [5.74, 6) is -1.29. The van der Waals surface area contributed by atoms with E-state index in [4.69, 9.17) is 10.5 Å². The maximum atomic E-state index is 14.2. The van der Waals surface area contributed by atoms with Gasteiger partial charge < -0.3 is 26.2 Å². The largest absolute Gasteiger partial charge is 0.390 e. The van der Waals surface area contributed by atoms with Crippen molar-refractivity contribution in [3.8, 4) is 0 Å². The monoisotopic (exact) mass is 680 g/mol. The minimum absolute atomic E-state index is 0.0836. The normalized spacial score (nSPS) is 14.5. The smallest absolute Gasteiger partial charge is 0.253 e. The Kier molecular flexibility index (Phi) is 11.6. The highest BCUT2D eigenvalue weighted by Gasteiger charge is 2.26. The van der Waals surface area contributed by atoms with Crippen LogP contribution in [0.2, 0.25) is 0 Å². The van der Waals surface area contributed by atoms with Crippen LogP contribution in [0.15, 0.2) is 58.0 Å². The number of nitrogens with two attached hydrogens (primary N) is 1. The van der Waals surface area contributed by atoms with E-state index in [9.17, 15) is 22.7 Å². The number of halogens is 2. The highest BCUT2D eigenvalue weighted by atomic mass is 79.9. The van der Waals surface area contributed by atoms with Gasteiger partial charge in [0.05, 0.1) is 38.4 Å². The van der Waals surface area contributed by atoms with Crippen LogP contribution in [-0.4, -0.2) is 53.8 Å². The number of primary amides is 1. The molecule has 0 aliphatic rings. The molecule has 1 heterocycles. The molecule has 234 valence electrons. The second-order valence-corrected chi connectivity index (χ2v) is 13.2. The van der Waals surface area contributed by atoms with Crippen molar-refractivity contribution in [1.29, 1.82) is 0 Å². The highest BCUT2D eigenvalue weighted by Crippen LogP contribution is 2.28. The molecular weight excluding hydrogens is 643 g/mol. The Bertz CT molecular complexity index is 1520. The first-order valence-electron chi connectivity index (χ1n) is 13.8. The summed E-state index contributed by atoms with van der Waals surface area (Å²) >= 11 is 3.33. The van der Waals surface area contributed by atoms with Gasteiger partial charge in [0.2, 0.25) is 16.0 Å². The molecule has 0 bridgehead atoms. The first kappa shape index (κ1) is 34.3. The third-order valence-electron chi connectivity index (χ3n) is 7.22. The molecule has 3 aromatic rings. The molecule has 2 aromatic carbocycles. The van der Waals surface area contributed by atoms with Gasteiger partial charge in [0.1, 0.15) is 11.6 Å². The summed E-state index contributed by atoms with van der Waals surface area (Å²) in [5.41, 5.74) is 4.36. The molecule has 11 nitrogen and oxygen atoms in total. The number of carbonyl (C=O) groups is 1. The third kappa shape index (κ3) is 9.66. The number of anilines is 4. The summed E-state index contributed by atoms with van der Waals surface area (Å²) in [6, 6.07) is 10.1. The van der Waals surface area contributed by atoms with E-state index in [2.05, 4.69) is 41.3 Å². The number of hydrogen-bond donors (Lipinski definition) is 5. The van der Waals surface area contributed by atoms with Crippen LogP contribution < -0.4 is 21.1 Å². The lowest BCUT2D eigenvalue weighted by Gasteiger charge is -2.31. The molecule has 1 aromatic heterocycles. The van der Waals surface area contributed by atoms with Gasteiger partial charge in [-0.1, -0.05) is 19.9 Å². The quantitative estimate of drug-likeness (QED) is 0.134. The molecule has 1 amide bonds. The van der Waals surface area contributed by atoms with E-state index in [1.54, 1.807) is 19.1 Å². The van der Waals surface area contributed by atoms with Gasteiger partial charge in [-0.15, -0.1) is 0 Å². The molecule has 0 aliphatic heterocycles. The molecule has 0 saturated heterocycles. The van der Waals surface area contributed by atoms with Crippen LogP contribution in [0.25, 0.3) is 0 Å². The molecule has 0 fully saturated rings. The second kappa shape index (κ2) is 14.5. The van der Waals surface area contributed by atoms with Crippen LogP contribution in [0.4, 0.5) is 27.5 Å². The Morgan fingerprint density at radius 2 is 1.79 bits per heavy atom. The zero-order valence-corrected chi connectivity index (χ0v) is 27.0. The van der Waals surface area contributed by atoms with Crippen LogP contribution in [0, 0.1) is 5.82 Å². The Morgan fingerprint density at radius 1 is 1.09 bits per heavy atom. The standard InChI is InChI=1S/C29H38BrFN6O5S/c1-5-28(3,39)15-17-42-29(4,6-2)14-16-34-43(40,41)20-12-10-19(11-13-20)35-27-33-18-21(30)26(37-27)36-23-9-7-8-22(31)24(23)25(32)38/h7-13,18,34,39H,5-6,14-17H2,1-4H3,(H2,32,38)(H2,33,35,36,37). The van der Waals surface area contributed by atoms with E-state index in [1.807, 2.05) is 20.8 Å². The fraction of sp³-hybridized carbons (Fsp3) is 0.414. The number of rotatable bonds is 16. The van der Waals surface area contributed by atoms with Crippen LogP contribution >= 0.6 is 15.9 Å². The molecule has 2 atom stereocenters.